The van der Waals surface area contributed by atoms with E-state index in [4.69, 9.17) is 9.47 Å². The molecule has 0 radical (unpaired) electrons. The summed E-state index contributed by atoms with van der Waals surface area (Å²) in [6.07, 6.45) is 0. The number of nitrogens with zero attached hydrogens (tertiary/aromatic N) is 3. The Kier molecular flexibility index (Phi) is 5.39. The van der Waals surface area contributed by atoms with Gasteiger partial charge in [0.05, 0.1) is 33.4 Å². The maximum atomic E-state index is 7.30. The fourth-order valence-electron chi connectivity index (χ4n) is 9.66. The van der Waals surface area contributed by atoms with E-state index in [2.05, 4.69) is 184 Å². The predicted molar refractivity (Wildman–Crippen MR) is 221 cm³/mol. The van der Waals surface area contributed by atoms with Gasteiger partial charge in [-0.3, -0.25) is 0 Å². The molecule has 0 N–H and O–H groups in total. The molecule has 10 aromatic rings. The summed E-state index contributed by atoms with van der Waals surface area (Å²) in [6.45, 7) is -0.116. The van der Waals surface area contributed by atoms with Crippen LogP contribution in [0.3, 0.4) is 0 Å². The Morgan fingerprint density at radius 2 is 0.759 bits per heavy atom. The third kappa shape index (κ3) is 3.50. The first kappa shape index (κ1) is 28.4. The Morgan fingerprint density at radius 3 is 1.20 bits per heavy atom. The highest BCUT2D eigenvalue weighted by molar-refractivity contribution is 7.00. The van der Waals surface area contributed by atoms with Gasteiger partial charge in [-0.1, -0.05) is 103 Å². The molecular formula is C48H28BN3O2. The Morgan fingerprint density at radius 1 is 0.352 bits per heavy atom. The third-order valence-electron chi connectivity index (χ3n) is 11.7. The highest BCUT2D eigenvalue weighted by atomic mass is 16.5. The van der Waals surface area contributed by atoms with Gasteiger partial charge in [0, 0.05) is 44.1 Å². The summed E-state index contributed by atoms with van der Waals surface area (Å²) in [6, 6.07) is 60.7. The van der Waals surface area contributed by atoms with Crippen LogP contribution < -0.4 is 30.8 Å². The lowest BCUT2D eigenvalue weighted by Gasteiger charge is -2.43. The molecule has 0 atom stereocenters. The highest BCUT2D eigenvalue weighted by Gasteiger charge is 2.49. The summed E-state index contributed by atoms with van der Waals surface area (Å²) >= 11 is 0. The third-order valence-corrected chi connectivity index (χ3v) is 11.7. The molecule has 0 fully saturated rings. The van der Waals surface area contributed by atoms with E-state index >= 15 is 0 Å². The summed E-state index contributed by atoms with van der Waals surface area (Å²) < 4.78 is 19.4. The summed E-state index contributed by atoms with van der Waals surface area (Å²) in [5.74, 6) is 3.38. The monoisotopic (exact) mass is 689 g/mol. The van der Waals surface area contributed by atoms with Crippen molar-refractivity contribution < 1.29 is 9.47 Å². The second-order valence-electron chi connectivity index (χ2n) is 14.4. The smallest absolute Gasteiger partial charge is 0.266 e. The van der Waals surface area contributed by atoms with Crippen molar-refractivity contribution in [3.63, 3.8) is 0 Å². The molecule has 6 heteroatoms. The van der Waals surface area contributed by atoms with Crippen LogP contribution in [0.4, 0.5) is 17.1 Å². The zero-order valence-electron chi connectivity index (χ0n) is 28.9. The largest absolute Gasteiger partial charge is 0.456 e. The Labute approximate surface area is 310 Å². The van der Waals surface area contributed by atoms with Crippen LogP contribution in [0.25, 0.3) is 55.0 Å². The van der Waals surface area contributed by atoms with Crippen molar-refractivity contribution in [3.05, 3.63) is 170 Å². The molecule has 0 bridgehead atoms. The lowest BCUT2D eigenvalue weighted by Crippen LogP contribution is -2.61. The normalized spacial score (nSPS) is 13.4. The molecule has 5 nitrogen and oxygen atoms in total. The van der Waals surface area contributed by atoms with Crippen molar-refractivity contribution in [2.75, 3.05) is 4.90 Å². The Hall–Kier alpha value is -7.18. The quantitative estimate of drug-likeness (QED) is 0.173. The van der Waals surface area contributed by atoms with E-state index < -0.39 is 0 Å². The van der Waals surface area contributed by atoms with Crippen LogP contribution >= 0.6 is 0 Å². The molecule has 0 unspecified atom stereocenters. The fraction of sp³-hybridized carbons (Fsp3) is 0. The minimum atomic E-state index is -0.116. The van der Waals surface area contributed by atoms with E-state index in [0.717, 1.165) is 89.9 Å². The summed E-state index contributed by atoms with van der Waals surface area (Å²) in [5, 5.41) is 4.81. The number of hydrogen-bond acceptors (Lipinski definition) is 3. The van der Waals surface area contributed by atoms with Gasteiger partial charge in [0.15, 0.2) is 11.5 Å². The van der Waals surface area contributed by atoms with Gasteiger partial charge in [0.25, 0.3) is 6.71 Å². The SMILES string of the molecule is c1ccc(N2c3cccc4c3B3c5c(cccc52)Oc2c(-n5c6ccccc6c6ccccc65)cc(-n5c6ccccc6c6ccccc65)c(c23)O4)cc1. The van der Waals surface area contributed by atoms with E-state index in [1.807, 2.05) is 0 Å². The molecule has 0 saturated carbocycles. The Bertz CT molecular complexity index is 2950. The average Bonchev–Trinajstić information content (AvgIpc) is 3.74. The second-order valence-corrected chi connectivity index (χ2v) is 14.4. The van der Waals surface area contributed by atoms with E-state index in [-0.39, 0.29) is 6.71 Å². The summed E-state index contributed by atoms with van der Waals surface area (Å²) in [7, 11) is 0. The standard InChI is InChI=1S/C48H28BN3O2/c1-2-14-29(15-3-1)50-38-24-12-26-42-44(38)49-45-39(50)25-13-27-43(45)54-48-41(52-36-22-10-6-18-32(36)33-19-7-11-23-37(33)52)28-40(47(53-42)46(48)49)51-34-20-8-4-16-30(34)31-17-5-9-21-35(31)51/h1-28H. The van der Waals surface area contributed by atoms with Gasteiger partial charge in [-0.25, -0.2) is 0 Å². The molecule has 0 amide bonds. The highest BCUT2D eigenvalue weighted by Crippen LogP contribution is 2.50. The zero-order chi connectivity index (χ0) is 35.1. The van der Waals surface area contributed by atoms with E-state index in [1.165, 1.54) is 21.5 Å². The molecule has 250 valence electrons. The predicted octanol–water partition coefficient (Wildman–Crippen LogP) is 10.4. The number of ether oxygens (including phenoxy) is 2. The van der Waals surface area contributed by atoms with Crippen molar-refractivity contribution in [1.29, 1.82) is 0 Å². The van der Waals surface area contributed by atoms with E-state index in [9.17, 15) is 0 Å². The van der Waals surface area contributed by atoms with Gasteiger partial charge in [0.1, 0.15) is 11.5 Å². The molecule has 5 heterocycles. The first-order valence-corrected chi connectivity index (χ1v) is 18.5. The maximum absolute atomic E-state index is 7.30. The molecule has 8 aromatic carbocycles. The fourth-order valence-corrected chi connectivity index (χ4v) is 9.66. The molecule has 3 aliphatic heterocycles. The van der Waals surface area contributed by atoms with Crippen molar-refractivity contribution in [3.8, 4) is 34.4 Å². The van der Waals surface area contributed by atoms with Crippen LogP contribution in [0.5, 0.6) is 23.0 Å². The molecule has 13 rings (SSSR count). The van der Waals surface area contributed by atoms with E-state index in [0.29, 0.717) is 0 Å². The van der Waals surface area contributed by atoms with Gasteiger partial charge >= 0.3 is 0 Å². The molecule has 2 aromatic heterocycles. The minimum absolute atomic E-state index is 0.116. The van der Waals surface area contributed by atoms with Crippen LogP contribution in [0.2, 0.25) is 0 Å². The molecule has 54 heavy (non-hydrogen) atoms. The minimum Gasteiger partial charge on any atom is -0.456 e. The van der Waals surface area contributed by atoms with E-state index in [1.54, 1.807) is 0 Å². The van der Waals surface area contributed by atoms with Crippen LogP contribution in [0, 0.1) is 0 Å². The first-order valence-electron chi connectivity index (χ1n) is 18.5. The van der Waals surface area contributed by atoms with Gasteiger partial charge in [-0.15, -0.1) is 0 Å². The van der Waals surface area contributed by atoms with Crippen LogP contribution in [0.15, 0.2) is 170 Å². The lowest BCUT2D eigenvalue weighted by molar-refractivity contribution is 0.462. The average molecular weight is 690 g/mol. The molecule has 0 saturated heterocycles. The number of para-hydroxylation sites is 5. The lowest BCUT2D eigenvalue weighted by atomic mass is 9.33. The second kappa shape index (κ2) is 10.2. The molecular weight excluding hydrogens is 661 g/mol. The van der Waals surface area contributed by atoms with Crippen molar-refractivity contribution in [1.82, 2.24) is 9.13 Å². The number of benzene rings is 8. The maximum Gasteiger partial charge on any atom is 0.266 e. The number of fused-ring (bicyclic) bond motifs is 6. The van der Waals surface area contributed by atoms with Crippen molar-refractivity contribution >= 4 is 83.8 Å². The van der Waals surface area contributed by atoms with Crippen LogP contribution in [-0.4, -0.2) is 15.8 Å². The number of rotatable bonds is 3. The van der Waals surface area contributed by atoms with Crippen molar-refractivity contribution in [2.45, 2.75) is 0 Å². The number of hydrogen-bond donors (Lipinski definition) is 0. The van der Waals surface area contributed by atoms with Gasteiger partial charge in [0.2, 0.25) is 0 Å². The number of anilines is 3. The molecule has 3 aliphatic rings. The topological polar surface area (TPSA) is 31.6 Å². The van der Waals surface area contributed by atoms with Crippen LogP contribution in [-0.2, 0) is 0 Å². The molecule has 0 aliphatic carbocycles. The summed E-state index contributed by atoms with van der Waals surface area (Å²) in [4.78, 5) is 2.36. The van der Waals surface area contributed by atoms with Crippen molar-refractivity contribution in [2.24, 2.45) is 0 Å². The Balaban J connectivity index is 1.21. The zero-order valence-corrected chi connectivity index (χ0v) is 28.9. The first-order chi connectivity index (χ1) is 26.8. The van der Waals surface area contributed by atoms with Gasteiger partial charge in [-0.2, -0.15) is 0 Å². The molecule has 0 spiro atoms. The number of aromatic nitrogens is 2. The van der Waals surface area contributed by atoms with Crippen LogP contribution in [0.1, 0.15) is 0 Å². The van der Waals surface area contributed by atoms with Gasteiger partial charge < -0.3 is 23.5 Å². The summed E-state index contributed by atoms with van der Waals surface area (Å²) in [5.41, 5.74) is 13.2. The van der Waals surface area contributed by atoms with Gasteiger partial charge in [-0.05, 0) is 77.7 Å².